The lowest BCUT2D eigenvalue weighted by molar-refractivity contribution is 0.518. The maximum atomic E-state index is 5.65. The molecule has 1 rings (SSSR count). The van der Waals surface area contributed by atoms with Gasteiger partial charge in [0.1, 0.15) is 0 Å². The first-order valence-electron chi connectivity index (χ1n) is 6.63. The quantitative estimate of drug-likeness (QED) is 0.789. The summed E-state index contributed by atoms with van der Waals surface area (Å²) < 4.78 is 2.27. The van der Waals surface area contributed by atoms with Crippen LogP contribution in [-0.2, 0) is 13.0 Å². The predicted molar refractivity (Wildman–Crippen MR) is 73.4 cm³/mol. The first kappa shape index (κ1) is 14.0. The SMILES string of the molecule is CCc1cn(CC(C)C)c(N(CC)CCN)n1. The Balaban J connectivity index is 2.96. The maximum absolute atomic E-state index is 5.65. The average Bonchev–Trinajstić information content (AvgIpc) is 2.68. The highest BCUT2D eigenvalue weighted by atomic mass is 15.3. The van der Waals surface area contributed by atoms with E-state index < -0.39 is 0 Å². The van der Waals surface area contributed by atoms with Gasteiger partial charge in [0, 0.05) is 32.4 Å². The molecule has 0 aliphatic rings. The Kier molecular flexibility index (Phi) is 5.48. The summed E-state index contributed by atoms with van der Waals surface area (Å²) in [6.45, 7) is 12.3. The van der Waals surface area contributed by atoms with Gasteiger partial charge in [-0.3, -0.25) is 0 Å². The number of hydrogen-bond donors (Lipinski definition) is 1. The molecule has 0 aromatic carbocycles. The number of nitrogens with zero attached hydrogens (tertiary/aromatic N) is 3. The largest absolute Gasteiger partial charge is 0.341 e. The van der Waals surface area contributed by atoms with Crippen molar-refractivity contribution in [3.8, 4) is 0 Å². The topological polar surface area (TPSA) is 47.1 Å². The molecule has 1 heterocycles. The highest BCUT2D eigenvalue weighted by molar-refractivity contribution is 5.33. The number of aromatic nitrogens is 2. The summed E-state index contributed by atoms with van der Waals surface area (Å²) in [6.07, 6.45) is 3.16. The van der Waals surface area contributed by atoms with Gasteiger partial charge in [-0.1, -0.05) is 20.8 Å². The molecule has 0 saturated heterocycles. The zero-order valence-electron chi connectivity index (χ0n) is 11.6. The Morgan fingerprint density at radius 1 is 1.41 bits per heavy atom. The molecule has 0 atom stereocenters. The lowest BCUT2D eigenvalue weighted by Crippen LogP contribution is -2.31. The van der Waals surface area contributed by atoms with Gasteiger partial charge in [-0.15, -0.1) is 0 Å². The third-order valence-electron chi connectivity index (χ3n) is 2.79. The van der Waals surface area contributed by atoms with Crippen molar-refractivity contribution in [1.29, 1.82) is 0 Å². The fraction of sp³-hybridized carbons (Fsp3) is 0.769. The van der Waals surface area contributed by atoms with Gasteiger partial charge in [-0.2, -0.15) is 0 Å². The standard InChI is InChI=1S/C13H26N4/c1-5-12-10-17(9-11(3)4)13(15-12)16(6-2)8-7-14/h10-11H,5-9,14H2,1-4H3. The van der Waals surface area contributed by atoms with E-state index in [1.807, 2.05) is 0 Å². The van der Waals surface area contributed by atoms with Gasteiger partial charge in [0.2, 0.25) is 5.95 Å². The van der Waals surface area contributed by atoms with Gasteiger partial charge in [-0.05, 0) is 19.3 Å². The summed E-state index contributed by atoms with van der Waals surface area (Å²) in [7, 11) is 0. The fourth-order valence-corrected chi connectivity index (χ4v) is 1.96. The molecule has 4 nitrogen and oxygen atoms in total. The number of aryl methyl sites for hydroxylation is 1. The summed E-state index contributed by atoms with van der Waals surface area (Å²) >= 11 is 0. The molecule has 0 aliphatic heterocycles. The summed E-state index contributed by atoms with van der Waals surface area (Å²) in [5, 5.41) is 0. The molecular formula is C13H26N4. The van der Waals surface area contributed by atoms with Crippen LogP contribution in [0.2, 0.25) is 0 Å². The predicted octanol–water partition coefficient (Wildman–Crippen LogP) is 1.89. The van der Waals surface area contributed by atoms with Crippen molar-refractivity contribution in [2.45, 2.75) is 40.7 Å². The molecule has 98 valence electrons. The van der Waals surface area contributed by atoms with E-state index in [0.717, 1.165) is 37.7 Å². The van der Waals surface area contributed by atoms with Gasteiger partial charge < -0.3 is 15.2 Å². The zero-order chi connectivity index (χ0) is 12.8. The molecule has 0 fully saturated rings. The van der Waals surface area contributed by atoms with Gasteiger partial charge >= 0.3 is 0 Å². The Morgan fingerprint density at radius 3 is 2.59 bits per heavy atom. The van der Waals surface area contributed by atoms with E-state index in [4.69, 9.17) is 10.7 Å². The van der Waals surface area contributed by atoms with E-state index in [-0.39, 0.29) is 0 Å². The molecular weight excluding hydrogens is 212 g/mol. The smallest absolute Gasteiger partial charge is 0.205 e. The molecule has 0 aliphatic carbocycles. The second kappa shape index (κ2) is 6.64. The molecule has 0 bridgehead atoms. The Hall–Kier alpha value is -1.03. The lowest BCUT2D eigenvalue weighted by atomic mass is 10.2. The van der Waals surface area contributed by atoms with Crippen LogP contribution in [0.15, 0.2) is 6.20 Å². The van der Waals surface area contributed by atoms with Gasteiger partial charge in [-0.25, -0.2) is 4.98 Å². The van der Waals surface area contributed by atoms with Gasteiger partial charge in [0.25, 0.3) is 0 Å². The van der Waals surface area contributed by atoms with Crippen LogP contribution in [0.1, 0.15) is 33.4 Å². The van der Waals surface area contributed by atoms with E-state index in [1.54, 1.807) is 0 Å². The minimum absolute atomic E-state index is 0.629. The van der Waals surface area contributed by atoms with Crippen LogP contribution in [0.5, 0.6) is 0 Å². The Labute approximate surface area is 105 Å². The highest BCUT2D eigenvalue weighted by Crippen LogP contribution is 2.16. The van der Waals surface area contributed by atoms with Gasteiger partial charge in [0.05, 0.1) is 5.69 Å². The fourth-order valence-electron chi connectivity index (χ4n) is 1.96. The molecule has 4 heteroatoms. The van der Waals surface area contributed by atoms with Crippen LogP contribution in [0.4, 0.5) is 5.95 Å². The molecule has 0 saturated carbocycles. The first-order chi connectivity index (χ1) is 8.12. The summed E-state index contributed by atoms with van der Waals surface area (Å²) in [6, 6.07) is 0. The number of likely N-dealkylation sites (N-methyl/N-ethyl adjacent to an activating group) is 1. The summed E-state index contributed by atoms with van der Waals surface area (Å²) in [4.78, 5) is 6.96. The lowest BCUT2D eigenvalue weighted by Gasteiger charge is -2.22. The Morgan fingerprint density at radius 2 is 2.12 bits per heavy atom. The third-order valence-corrected chi connectivity index (χ3v) is 2.79. The highest BCUT2D eigenvalue weighted by Gasteiger charge is 2.13. The van der Waals surface area contributed by atoms with E-state index in [2.05, 4.69) is 43.4 Å². The van der Waals surface area contributed by atoms with E-state index in [0.29, 0.717) is 12.5 Å². The normalized spacial score (nSPS) is 11.2. The first-order valence-corrected chi connectivity index (χ1v) is 6.63. The maximum Gasteiger partial charge on any atom is 0.205 e. The van der Waals surface area contributed by atoms with Crippen LogP contribution in [0, 0.1) is 5.92 Å². The second-order valence-electron chi connectivity index (χ2n) is 4.80. The molecule has 17 heavy (non-hydrogen) atoms. The molecule has 2 N–H and O–H groups in total. The number of rotatable bonds is 7. The van der Waals surface area contributed by atoms with E-state index in [1.165, 1.54) is 0 Å². The minimum Gasteiger partial charge on any atom is -0.341 e. The van der Waals surface area contributed by atoms with Crippen molar-refractivity contribution < 1.29 is 0 Å². The molecule has 0 unspecified atom stereocenters. The van der Waals surface area contributed by atoms with Gasteiger partial charge in [0.15, 0.2) is 0 Å². The average molecular weight is 238 g/mol. The van der Waals surface area contributed by atoms with Crippen molar-refractivity contribution in [1.82, 2.24) is 9.55 Å². The zero-order valence-corrected chi connectivity index (χ0v) is 11.6. The van der Waals surface area contributed by atoms with Crippen molar-refractivity contribution in [2.24, 2.45) is 11.7 Å². The molecule has 0 radical (unpaired) electrons. The number of nitrogens with two attached hydrogens (primary N) is 1. The molecule has 0 amide bonds. The van der Waals surface area contributed by atoms with E-state index >= 15 is 0 Å². The molecule has 0 spiro atoms. The van der Waals surface area contributed by atoms with Crippen molar-refractivity contribution in [2.75, 3.05) is 24.5 Å². The van der Waals surface area contributed by atoms with E-state index in [9.17, 15) is 0 Å². The van der Waals surface area contributed by atoms with Crippen LogP contribution < -0.4 is 10.6 Å². The molecule has 1 aromatic heterocycles. The summed E-state index contributed by atoms with van der Waals surface area (Å²) in [5.41, 5.74) is 6.82. The minimum atomic E-state index is 0.629. The monoisotopic (exact) mass is 238 g/mol. The van der Waals surface area contributed by atoms with Crippen molar-refractivity contribution in [3.05, 3.63) is 11.9 Å². The van der Waals surface area contributed by atoms with Crippen LogP contribution in [0.25, 0.3) is 0 Å². The van der Waals surface area contributed by atoms with Crippen LogP contribution in [-0.4, -0.2) is 29.2 Å². The molecule has 1 aromatic rings. The van der Waals surface area contributed by atoms with Crippen molar-refractivity contribution in [3.63, 3.8) is 0 Å². The van der Waals surface area contributed by atoms with Crippen LogP contribution in [0.3, 0.4) is 0 Å². The summed E-state index contributed by atoms with van der Waals surface area (Å²) in [5.74, 6) is 1.70. The Bertz CT molecular complexity index is 330. The second-order valence-corrected chi connectivity index (χ2v) is 4.80. The number of hydrogen-bond acceptors (Lipinski definition) is 3. The third kappa shape index (κ3) is 3.73. The number of imidazole rings is 1. The van der Waals surface area contributed by atoms with Crippen LogP contribution >= 0.6 is 0 Å². The number of anilines is 1. The van der Waals surface area contributed by atoms with Crippen molar-refractivity contribution >= 4 is 5.95 Å².